The lowest BCUT2D eigenvalue weighted by molar-refractivity contribution is -0.143. The minimum Gasteiger partial charge on any atom is -0.480 e. The maximum absolute atomic E-state index is 12.0. The summed E-state index contributed by atoms with van der Waals surface area (Å²) in [6.07, 6.45) is -0.600. The molecule has 0 aromatic carbocycles. The van der Waals surface area contributed by atoms with E-state index in [-0.39, 0.29) is 11.7 Å². The number of rotatable bonds is 11. The largest absolute Gasteiger partial charge is 0.480 e. The van der Waals surface area contributed by atoms with Crippen molar-refractivity contribution in [3.8, 4) is 0 Å². The van der Waals surface area contributed by atoms with E-state index >= 15 is 0 Å². The van der Waals surface area contributed by atoms with Crippen LogP contribution < -0.4 is 27.4 Å². The van der Waals surface area contributed by atoms with Gasteiger partial charge < -0.3 is 32.5 Å². The minimum atomic E-state index is -1.52. The monoisotopic (exact) mass is 391 g/mol. The van der Waals surface area contributed by atoms with Crippen LogP contribution in [0.25, 0.3) is 0 Å². The average Bonchev–Trinajstić information content (AvgIpc) is 2.55. The lowest BCUT2D eigenvalue weighted by Gasteiger charge is -2.20. The predicted molar refractivity (Wildman–Crippen MR) is 95.0 cm³/mol. The Balaban J connectivity index is 4.65. The zero-order chi connectivity index (χ0) is 20.4. The molecule has 0 spiro atoms. The van der Waals surface area contributed by atoms with Gasteiger partial charge in [0.15, 0.2) is 0 Å². The van der Waals surface area contributed by atoms with Gasteiger partial charge >= 0.3 is 5.97 Å². The Morgan fingerprint density at radius 2 is 1.62 bits per heavy atom. The first-order valence-corrected chi connectivity index (χ1v) is 8.37. The summed E-state index contributed by atoms with van der Waals surface area (Å²) >= 11 is 3.92. The third kappa shape index (κ3) is 8.67. The van der Waals surface area contributed by atoms with Crippen LogP contribution in [-0.4, -0.2) is 65.1 Å². The van der Waals surface area contributed by atoms with Crippen LogP contribution in [0.3, 0.4) is 0 Å². The molecule has 0 aliphatic heterocycles. The van der Waals surface area contributed by atoms with Crippen molar-refractivity contribution in [2.75, 3.05) is 12.3 Å². The molecule has 0 fully saturated rings. The first-order valence-electron chi connectivity index (χ1n) is 7.74. The highest BCUT2D eigenvalue weighted by molar-refractivity contribution is 7.80. The number of carbonyl (C=O) groups excluding carboxylic acids is 4. The van der Waals surface area contributed by atoms with Gasteiger partial charge in [-0.15, -0.1) is 0 Å². The van der Waals surface area contributed by atoms with E-state index in [1.54, 1.807) is 13.8 Å². The van der Waals surface area contributed by atoms with E-state index in [2.05, 4.69) is 28.6 Å². The van der Waals surface area contributed by atoms with Crippen LogP contribution in [0, 0.1) is 5.92 Å². The Morgan fingerprint density at radius 3 is 2.04 bits per heavy atom. The summed E-state index contributed by atoms with van der Waals surface area (Å²) in [6, 6.07) is -3.48. The number of amides is 4. The van der Waals surface area contributed by atoms with E-state index in [1.165, 1.54) is 0 Å². The molecule has 26 heavy (non-hydrogen) atoms. The third-order valence-corrected chi connectivity index (χ3v) is 3.66. The number of hydrogen-bond acceptors (Lipinski definition) is 7. The van der Waals surface area contributed by atoms with Gasteiger partial charge in [-0.25, -0.2) is 4.79 Å². The van der Waals surface area contributed by atoms with Crippen LogP contribution in [0.5, 0.6) is 0 Å². The molecule has 3 atom stereocenters. The van der Waals surface area contributed by atoms with Gasteiger partial charge in [0.1, 0.15) is 12.1 Å². The van der Waals surface area contributed by atoms with Gasteiger partial charge in [-0.2, -0.15) is 12.6 Å². The zero-order valence-electron chi connectivity index (χ0n) is 14.5. The minimum absolute atomic E-state index is 0.118. The Labute approximate surface area is 156 Å². The number of thiol groups is 1. The molecule has 8 N–H and O–H groups in total. The van der Waals surface area contributed by atoms with E-state index < -0.39 is 60.7 Å². The molecule has 0 rings (SSSR count). The Hall–Kier alpha value is -2.34. The van der Waals surface area contributed by atoms with E-state index in [1.807, 2.05) is 0 Å². The molecule has 12 heteroatoms. The van der Waals surface area contributed by atoms with Crippen LogP contribution in [0.4, 0.5) is 0 Å². The standard InChI is InChI=1S/C14H25N5O6S/c1-6(2)11(16)13(23)17-4-10(21)18-8(5-26)12(22)19-7(14(24)25)3-9(15)20/h6-8,11,26H,3-5,16H2,1-2H3,(H2,15,20)(H,17,23)(H,18,21)(H,19,22)(H,24,25). The molecular weight excluding hydrogens is 366 g/mol. The van der Waals surface area contributed by atoms with Crippen molar-refractivity contribution in [1.29, 1.82) is 0 Å². The third-order valence-electron chi connectivity index (χ3n) is 3.30. The number of primary amides is 1. The molecule has 0 saturated carbocycles. The van der Waals surface area contributed by atoms with Crippen LogP contribution in [-0.2, 0) is 24.0 Å². The summed E-state index contributed by atoms with van der Waals surface area (Å²) in [5.74, 6) is -4.68. The fourth-order valence-electron chi connectivity index (χ4n) is 1.70. The number of aliphatic carboxylic acids is 1. The second kappa shape index (κ2) is 11.3. The molecular formula is C14H25N5O6S. The van der Waals surface area contributed by atoms with Crippen molar-refractivity contribution in [3.63, 3.8) is 0 Å². The maximum Gasteiger partial charge on any atom is 0.326 e. The highest BCUT2D eigenvalue weighted by atomic mass is 32.1. The molecule has 0 heterocycles. The lowest BCUT2D eigenvalue weighted by atomic mass is 10.1. The smallest absolute Gasteiger partial charge is 0.326 e. The molecule has 4 amide bonds. The van der Waals surface area contributed by atoms with Gasteiger partial charge in [0, 0.05) is 5.75 Å². The molecule has 0 aliphatic carbocycles. The van der Waals surface area contributed by atoms with E-state index in [4.69, 9.17) is 16.6 Å². The van der Waals surface area contributed by atoms with Gasteiger partial charge in [0.25, 0.3) is 0 Å². The zero-order valence-corrected chi connectivity index (χ0v) is 15.4. The number of carbonyl (C=O) groups is 5. The summed E-state index contributed by atoms with van der Waals surface area (Å²) in [7, 11) is 0. The quantitative estimate of drug-likeness (QED) is 0.182. The summed E-state index contributed by atoms with van der Waals surface area (Å²) in [4.78, 5) is 57.4. The van der Waals surface area contributed by atoms with E-state index in [0.29, 0.717) is 0 Å². The highest BCUT2D eigenvalue weighted by Gasteiger charge is 2.27. The number of nitrogens with two attached hydrogens (primary N) is 2. The molecule has 0 radical (unpaired) electrons. The van der Waals surface area contributed by atoms with Gasteiger partial charge in [-0.3, -0.25) is 19.2 Å². The summed E-state index contributed by atoms with van der Waals surface area (Å²) in [5.41, 5.74) is 10.6. The van der Waals surface area contributed by atoms with Gasteiger partial charge in [-0.05, 0) is 5.92 Å². The van der Waals surface area contributed by atoms with E-state index in [9.17, 15) is 24.0 Å². The highest BCUT2D eigenvalue weighted by Crippen LogP contribution is 1.98. The lowest BCUT2D eigenvalue weighted by Crippen LogP contribution is -2.55. The number of hydrogen-bond donors (Lipinski definition) is 7. The topological polar surface area (TPSA) is 194 Å². The van der Waals surface area contributed by atoms with E-state index in [0.717, 1.165) is 0 Å². The first kappa shape index (κ1) is 23.7. The second-order valence-corrected chi connectivity index (χ2v) is 6.23. The maximum atomic E-state index is 12.0. The van der Waals surface area contributed by atoms with Crippen molar-refractivity contribution in [2.24, 2.45) is 17.4 Å². The van der Waals surface area contributed by atoms with Crippen LogP contribution in [0.15, 0.2) is 0 Å². The number of carboxylic acids is 1. The van der Waals surface area contributed by atoms with Gasteiger partial charge in [-0.1, -0.05) is 13.8 Å². The molecule has 0 aromatic rings. The SMILES string of the molecule is CC(C)C(N)C(=O)NCC(=O)NC(CS)C(=O)NC(CC(N)=O)C(=O)O. The summed E-state index contributed by atoms with van der Waals surface area (Å²) in [5, 5.41) is 15.7. The molecule has 0 bridgehead atoms. The molecule has 0 saturated heterocycles. The Bertz CT molecular complexity index is 556. The first-order chi connectivity index (χ1) is 12.0. The fourth-order valence-corrected chi connectivity index (χ4v) is 1.96. The molecule has 11 nitrogen and oxygen atoms in total. The van der Waals surface area contributed by atoms with Crippen molar-refractivity contribution < 1.29 is 29.1 Å². The molecule has 148 valence electrons. The molecule has 0 aromatic heterocycles. The summed E-state index contributed by atoms with van der Waals surface area (Å²) in [6.45, 7) is 3.08. The van der Waals surface area contributed by atoms with Crippen LogP contribution in [0.2, 0.25) is 0 Å². The van der Waals surface area contributed by atoms with Crippen molar-refractivity contribution in [3.05, 3.63) is 0 Å². The second-order valence-electron chi connectivity index (χ2n) is 5.86. The number of carboxylic acid groups (broad SMARTS) is 1. The molecule has 3 unspecified atom stereocenters. The normalized spacial score (nSPS) is 14.0. The Kier molecular flexibility index (Phi) is 10.3. The van der Waals surface area contributed by atoms with Gasteiger partial charge in [0.2, 0.25) is 23.6 Å². The Morgan fingerprint density at radius 1 is 1.04 bits per heavy atom. The number of nitrogens with one attached hydrogen (secondary N) is 3. The van der Waals surface area contributed by atoms with Crippen molar-refractivity contribution in [1.82, 2.24) is 16.0 Å². The fraction of sp³-hybridized carbons (Fsp3) is 0.643. The van der Waals surface area contributed by atoms with Crippen LogP contribution >= 0.6 is 12.6 Å². The van der Waals surface area contributed by atoms with Crippen molar-refractivity contribution >= 4 is 42.2 Å². The van der Waals surface area contributed by atoms with Crippen molar-refractivity contribution in [2.45, 2.75) is 38.4 Å². The average molecular weight is 391 g/mol. The molecule has 0 aliphatic rings. The summed E-state index contributed by atoms with van der Waals surface area (Å²) < 4.78 is 0. The predicted octanol–water partition coefficient (Wildman–Crippen LogP) is -3.05. The van der Waals surface area contributed by atoms with Crippen LogP contribution in [0.1, 0.15) is 20.3 Å². The van der Waals surface area contributed by atoms with Gasteiger partial charge in [0.05, 0.1) is 19.0 Å².